The van der Waals surface area contributed by atoms with Crippen molar-refractivity contribution in [3.8, 4) is 0 Å². The highest BCUT2D eigenvalue weighted by molar-refractivity contribution is 5.06. The van der Waals surface area contributed by atoms with Gasteiger partial charge in [0.05, 0.1) is 5.69 Å². The molecule has 2 nitrogen and oxygen atoms in total. The van der Waals surface area contributed by atoms with Crippen LogP contribution in [0.4, 0.5) is 0 Å². The summed E-state index contributed by atoms with van der Waals surface area (Å²) in [6, 6.07) is 1.96. The highest BCUT2D eigenvalue weighted by atomic mass is 16.5. The van der Waals surface area contributed by atoms with Gasteiger partial charge in [0.2, 0.25) is 0 Å². The van der Waals surface area contributed by atoms with Crippen molar-refractivity contribution in [2.24, 2.45) is 0 Å². The molecule has 0 unspecified atom stereocenters. The third kappa shape index (κ3) is 7.84. The topological polar surface area (TPSA) is 26.0 Å². The zero-order chi connectivity index (χ0) is 6.85. The monoisotopic (exact) mass is 205 g/mol. The van der Waals surface area contributed by atoms with Crippen molar-refractivity contribution >= 4 is 0 Å². The third-order valence-corrected chi connectivity index (χ3v) is 1.22. The molecule has 14 heavy (non-hydrogen) atoms. The van der Waals surface area contributed by atoms with Crippen LogP contribution in [-0.4, -0.2) is 5.16 Å². The number of hydrogen-bond donors (Lipinski definition) is 0. The quantitative estimate of drug-likeness (QED) is 0.623. The number of hydrogen-bond acceptors (Lipinski definition) is 2. The van der Waals surface area contributed by atoms with Crippen LogP contribution in [0.15, 0.2) is 10.6 Å². The number of nitrogens with zero attached hydrogens (tertiary/aromatic N) is 1. The minimum absolute atomic E-state index is 0. The molecule has 0 fully saturated rings. The molecular formula is C12H31NO. The minimum Gasteiger partial charge on any atom is -0.361 e. The molecular weight excluding hydrogens is 174 g/mol. The van der Waals surface area contributed by atoms with Crippen molar-refractivity contribution in [3.63, 3.8) is 0 Å². The van der Waals surface area contributed by atoms with Gasteiger partial charge in [0, 0.05) is 12.0 Å². The van der Waals surface area contributed by atoms with Crippen molar-refractivity contribution in [2.45, 2.75) is 63.8 Å². The highest BCUT2D eigenvalue weighted by Gasteiger charge is 2.03. The molecule has 0 N–H and O–H groups in total. The van der Waals surface area contributed by atoms with Crippen molar-refractivity contribution < 1.29 is 4.52 Å². The summed E-state index contributed by atoms with van der Waals surface area (Å²) in [6.45, 7) is 6.09. The highest BCUT2D eigenvalue weighted by Crippen LogP contribution is 2.13. The van der Waals surface area contributed by atoms with E-state index in [4.69, 9.17) is 4.52 Å². The lowest BCUT2D eigenvalue weighted by molar-refractivity contribution is 0.368. The average Bonchev–Trinajstić information content (AvgIpc) is 2.14. The molecule has 0 amide bonds. The Balaban J connectivity index is -0.0000000540. The Morgan fingerprint density at radius 1 is 1.07 bits per heavy atom. The summed E-state index contributed by atoms with van der Waals surface area (Å²) in [4.78, 5) is 0. The fraction of sp³-hybridized carbons (Fsp3) is 0.750. The Kier molecular flexibility index (Phi) is 25.5. The molecule has 0 aliphatic rings. The van der Waals surface area contributed by atoms with Gasteiger partial charge in [-0.3, -0.25) is 0 Å². The van der Waals surface area contributed by atoms with Crippen LogP contribution in [0, 0.1) is 6.92 Å². The van der Waals surface area contributed by atoms with Gasteiger partial charge < -0.3 is 4.52 Å². The number of aromatic nitrogens is 1. The van der Waals surface area contributed by atoms with E-state index in [1.807, 2.05) is 13.0 Å². The van der Waals surface area contributed by atoms with Gasteiger partial charge in [-0.25, -0.2) is 0 Å². The van der Waals surface area contributed by atoms with Crippen LogP contribution in [0.1, 0.15) is 68.4 Å². The van der Waals surface area contributed by atoms with Crippen LogP contribution in [-0.2, 0) is 0 Å². The predicted molar refractivity (Wildman–Crippen MR) is 69.0 cm³/mol. The first-order valence-electron chi connectivity index (χ1n) is 3.13. The second-order valence-electron chi connectivity index (χ2n) is 2.53. The summed E-state index contributed by atoms with van der Waals surface area (Å²) in [6.07, 6.45) is 0. The van der Waals surface area contributed by atoms with Crippen LogP contribution < -0.4 is 0 Å². The molecule has 1 aromatic heterocycles. The van der Waals surface area contributed by atoms with E-state index in [2.05, 4.69) is 19.0 Å². The third-order valence-electron chi connectivity index (χ3n) is 1.22. The lowest BCUT2D eigenvalue weighted by Gasteiger charge is -1.92. The van der Waals surface area contributed by atoms with Gasteiger partial charge in [0.15, 0.2) is 0 Å². The lowest BCUT2D eigenvalue weighted by atomic mass is 10.1. The van der Waals surface area contributed by atoms with E-state index < -0.39 is 0 Å². The maximum atomic E-state index is 4.98. The molecule has 0 aliphatic carbocycles. The summed E-state index contributed by atoms with van der Waals surface area (Å²) in [7, 11) is 0. The van der Waals surface area contributed by atoms with Gasteiger partial charge in [0.1, 0.15) is 5.76 Å². The molecule has 0 spiro atoms. The van der Waals surface area contributed by atoms with Crippen molar-refractivity contribution in [1.82, 2.24) is 5.16 Å². The summed E-state index contributed by atoms with van der Waals surface area (Å²) in [5.41, 5.74) is 0.957. The summed E-state index contributed by atoms with van der Waals surface area (Å²) >= 11 is 0. The van der Waals surface area contributed by atoms with Crippen LogP contribution in [0.3, 0.4) is 0 Å². The molecule has 0 aromatic carbocycles. The van der Waals surface area contributed by atoms with Gasteiger partial charge >= 0.3 is 0 Å². The van der Waals surface area contributed by atoms with Gasteiger partial charge in [-0.05, 0) is 6.92 Å². The molecule has 0 aliphatic heterocycles. The maximum absolute atomic E-state index is 4.98. The largest absolute Gasteiger partial charge is 0.361 e. The van der Waals surface area contributed by atoms with Crippen LogP contribution in [0.5, 0.6) is 0 Å². The number of rotatable bonds is 1. The van der Waals surface area contributed by atoms with E-state index >= 15 is 0 Å². The Morgan fingerprint density at radius 2 is 1.50 bits per heavy atom. The maximum Gasteiger partial charge on any atom is 0.139 e. The summed E-state index contributed by atoms with van der Waals surface area (Å²) in [5.74, 6) is 1.42. The van der Waals surface area contributed by atoms with Crippen molar-refractivity contribution in [3.05, 3.63) is 17.5 Å². The van der Waals surface area contributed by atoms with Crippen LogP contribution in [0.25, 0.3) is 0 Å². The van der Waals surface area contributed by atoms with E-state index in [0.29, 0.717) is 5.92 Å². The Hall–Kier alpha value is -0.790. The second kappa shape index (κ2) is 12.2. The molecule has 1 rings (SSSR count). The Morgan fingerprint density at radius 3 is 1.64 bits per heavy atom. The first-order valence-corrected chi connectivity index (χ1v) is 3.13. The van der Waals surface area contributed by atoms with Crippen molar-refractivity contribution in [1.29, 1.82) is 0 Å². The fourth-order valence-corrected chi connectivity index (χ4v) is 0.655. The summed E-state index contributed by atoms with van der Waals surface area (Å²) < 4.78 is 4.98. The first-order chi connectivity index (χ1) is 4.20. The average molecular weight is 205 g/mol. The smallest absolute Gasteiger partial charge is 0.139 e. The lowest BCUT2D eigenvalue weighted by Crippen LogP contribution is -1.80. The van der Waals surface area contributed by atoms with E-state index in [-0.39, 0.29) is 37.1 Å². The fourth-order valence-electron chi connectivity index (χ4n) is 0.655. The van der Waals surface area contributed by atoms with Gasteiger partial charge in [-0.2, -0.15) is 0 Å². The van der Waals surface area contributed by atoms with Gasteiger partial charge in [-0.1, -0.05) is 56.1 Å². The van der Waals surface area contributed by atoms with Crippen LogP contribution >= 0.6 is 0 Å². The first kappa shape index (κ1) is 29.2. The Bertz CT molecular complexity index is 192. The van der Waals surface area contributed by atoms with Gasteiger partial charge in [0.25, 0.3) is 0 Å². The van der Waals surface area contributed by atoms with Gasteiger partial charge in [-0.15, -0.1) is 0 Å². The molecule has 0 saturated carbocycles. The molecule has 1 aromatic rings. The van der Waals surface area contributed by atoms with Crippen LogP contribution in [0.2, 0.25) is 0 Å². The molecule has 0 bridgehead atoms. The van der Waals surface area contributed by atoms with E-state index in [9.17, 15) is 0 Å². The zero-order valence-electron chi connectivity index (χ0n) is 6.01. The molecule has 1 heterocycles. The minimum atomic E-state index is 0. The molecule has 0 saturated heterocycles. The molecule has 90 valence electrons. The van der Waals surface area contributed by atoms with E-state index in [1.54, 1.807) is 0 Å². The SMILES string of the molecule is C.C.C.C.C.Cc1cc(C(C)C)on1. The molecule has 0 radical (unpaired) electrons. The number of aryl methyl sites for hydroxylation is 1. The van der Waals surface area contributed by atoms with E-state index in [1.165, 1.54) is 0 Å². The Labute approximate surface area is 91.7 Å². The van der Waals surface area contributed by atoms with E-state index in [0.717, 1.165) is 11.5 Å². The standard InChI is InChI=1S/C7H11NO.5CH4/c1-5(2)7-4-6(3)8-9-7;;;;;/h4-5H,1-3H3;5*1H4. The second-order valence-corrected chi connectivity index (χ2v) is 2.53. The zero-order valence-corrected chi connectivity index (χ0v) is 6.01. The summed E-state index contributed by atoms with van der Waals surface area (Å²) in [5, 5.41) is 3.76. The molecule has 0 atom stereocenters. The predicted octanol–water partition coefficient (Wildman–Crippen LogP) is 5.29. The normalized spacial score (nSPS) is 6.86. The van der Waals surface area contributed by atoms with Crippen molar-refractivity contribution in [2.75, 3.05) is 0 Å². The molecule has 2 heteroatoms.